The van der Waals surface area contributed by atoms with Crippen molar-refractivity contribution < 1.29 is 22.3 Å². The van der Waals surface area contributed by atoms with Gasteiger partial charge in [-0.05, 0) is 55.2 Å². The number of anilines is 1. The molecule has 2 aromatic rings. The van der Waals surface area contributed by atoms with E-state index in [-0.39, 0.29) is 21.9 Å². The molecule has 0 radical (unpaired) electrons. The van der Waals surface area contributed by atoms with Gasteiger partial charge < -0.3 is 14.5 Å². The Morgan fingerprint density at radius 3 is 2.45 bits per heavy atom. The smallest absolute Gasteiger partial charge is 0.257 e. The molecule has 10 heteroatoms. The Balaban J connectivity index is 1.50. The van der Waals surface area contributed by atoms with E-state index in [2.05, 4.69) is 0 Å². The van der Waals surface area contributed by atoms with Crippen LogP contribution in [0.3, 0.4) is 0 Å². The van der Waals surface area contributed by atoms with Crippen molar-refractivity contribution in [3.8, 4) is 11.8 Å². The van der Waals surface area contributed by atoms with Crippen LogP contribution in [0.1, 0.15) is 35.2 Å². The van der Waals surface area contributed by atoms with Crippen molar-refractivity contribution in [1.82, 2.24) is 4.90 Å². The Hall–Kier alpha value is -3.16. The number of hydrogen-bond donors (Lipinski definition) is 1. The summed E-state index contributed by atoms with van der Waals surface area (Å²) in [6.45, 7) is 2.13. The number of carbonyl (C=O) groups excluding carboxylic acids is 1. The number of sulfonamides is 1. The Morgan fingerprint density at radius 1 is 1.15 bits per heavy atom. The SMILES string of the molecule is N#Cc1ccc(N2CCN(C(=O)c3cc(S(N)(=O)=O)ccc3OCC3CCC3)CC2)cc1F. The highest BCUT2D eigenvalue weighted by Gasteiger charge is 2.27. The van der Waals surface area contributed by atoms with Crippen molar-refractivity contribution in [2.24, 2.45) is 11.1 Å². The molecular formula is C23H25FN4O4S. The standard InChI is InChI=1S/C23H25FN4O4S/c24-21-12-18(5-4-17(21)14-25)27-8-10-28(11-9-27)23(29)20-13-19(33(26,30)31)6-7-22(20)32-15-16-2-1-3-16/h4-7,12-13,16H,1-3,8-11,15H2,(H2,26,30,31). The number of primary sulfonamides is 1. The molecule has 1 amide bonds. The predicted octanol–water partition coefficient (Wildman–Crippen LogP) is 2.49. The first kappa shape index (κ1) is 23.0. The Morgan fingerprint density at radius 2 is 1.88 bits per heavy atom. The Labute approximate surface area is 192 Å². The molecular weight excluding hydrogens is 447 g/mol. The zero-order valence-electron chi connectivity index (χ0n) is 18.0. The number of nitrogens with two attached hydrogens (primary N) is 1. The number of halogens is 1. The molecule has 33 heavy (non-hydrogen) atoms. The van der Waals surface area contributed by atoms with Gasteiger partial charge in [-0.3, -0.25) is 4.79 Å². The summed E-state index contributed by atoms with van der Waals surface area (Å²) in [4.78, 5) is 16.7. The molecule has 1 saturated carbocycles. The molecule has 1 saturated heterocycles. The quantitative estimate of drug-likeness (QED) is 0.690. The van der Waals surface area contributed by atoms with E-state index >= 15 is 0 Å². The lowest BCUT2D eigenvalue weighted by atomic mass is 9.86. The van der Waals surface area contributed by atoms with Gasteiger partial charge in [-0.15, -0.1) is 0 Å². The van der Waals surface area contributed by atoms with Crippen molar-refractivity contribution in [3.63, 3.8) is 0 Å². The molecule has 2 fully saturated rings. The maximum atomic E-state index is 14.0. The summed E-state index contributed by atoms with van der Waals surface area (Å²) in [5.41, 5.74) is 0.787. The second-order valence-electron chi connectivity index (χ2n) is 8.37. The van der Waals surface area contributed by atoms with E-state index in [4.69, 9.17) is 15.1 Å². The molecule has 174 valence electrons. The van der Waals surface area contributed by atoms with Crippen molar-refractivity contribution >= 4 is 21.6 Å². The molecule has 0 aromatic heterocycles. The first-order valence-corrected chi connectivity index (χ1v) is 12.3. The van der Waals surface area contributed by atoms with Gasteiger partial charge in [0.2, 0.25) is 10.0 Å². The number of ether oxygens (including phenoxy) is 1. The van der Waals surface area contributed by atoms with E-state index in [1.54, 1.807) is 17.0 Å². The van der Waals surface area contributed by atoms with Crippen molar-refractivity contribution in [2.75, 3.05) is 37.7 Å². The minimum atomic E-state index is -3.98. The van der Waals surface area contributed by atoms with Crippen LogP contribution in [-0.2, 0) is 10.0 Å². The van der Waals surface area contributed by atoms with Crippen LogP contribution >= 0.6 is 0 Å². The van der Waals surface area contributed by atoms with E-state index in [9.17, 15) is 17.6 Å². The molecule has 0 bridgehead atoms. The summed E-state index contributed by atoms with van der Waals surface area (Å²) < 4.78 is 43.6. The number of carbonyl (C=O) groups is 1. The Bertz CT molecular complexity index is 1200. The van der Waals surface area contributed by atoms with Gasteiger partial charge in [0.05, 0.1) is 22.6 Å². The van der Waals surface area contributed by atoms with Crippen LogP contribution in [0.15, 0.2) is 41.3 Å². The molecule has 2 N–H and O–H groups in total. The van der Waals surface area contributed by atoms with Crippen LogP contribution in [-0.4, -0.2) is 52.0 Å². The van der Waals surface area contributed by atoms with E-state index in [0.29, 0.717) is 50.1 Å². The van der Waals surface area contributed by atoms with Crippen molar-refractivity contribution in [1.29, 1.82) is 5.26 Å². The first-order valence-electron chi connectivity index (χ1n) is 10.8. The van der Waals surface area contributed by atoms with E-state index in [1.807, 2.05) is 4.90 Å². The van der Waals surface area contributed by atoms with Crippen molar-refractivity contribution in [2.45, 2.75) is 24.2 Å². The summed E-state index contributed by atoms with van der Waals surface area (Å²) in [6.07, 6.45) is 3.32. The van der Waals surface area contributed by atoms with Gasteiger partial charge in [0.15, 0.2) is 0 Å². The lowest BCUT2D eigenvalue weighted by molar-refractivity contribution is 0.0739. The first-order chi connectivity index (χ1) is 15.8. The van der Waals surface area contributed by atoms with Crippen LogP contribution in [0.5, 0.6) is 5.75 Å². The van der Waals surface area contributed by atoms with Crippen molar-refractivity contribution in [3.05, 3.63) is 53.3 Å². The van der Waals surface area contributed by atoms with Gasteiger partial charge in [0.1, 0.15) is 17.6 Å². The molecule has 2 aliphatic rings. The number of hydrogen-bond acceptors (Lipinski definition) is 6. The molecule has 1 heterocycles. The van der Waals surface area contributed by atoms with E-state index in [0.717, 1.165) is 19.3 Å². The van der Waals surface area contributed by atoms with Gasteiger partial charge in [-0.25, -0.2) is 17.9 Å². The number of nitrogens with zero attached hydrogens (tertiary/aromatic N) is 3. The van der Waals surface area contributed by atoms with Gasteiger partial charge in [-0.1, -0.05) is 6.42 Å². The molecule has 2 aromatic carbocycles. The molecule has 4 rings (SSSR count). The average Bonchev–Trinajstić information content (AvgIpc) is 2.77. The second-order valence-corrected chi connectivity index (χ2v) is 9.93. The minimum absolute atomic E-state index is 0.0169. The normalized spacial score (nSPS) is 16.8. The van der Waals surface area contributed by atoms with Crippen LogP contribution < -0.4 is 14.8 Å². The van der Waals surface area contributed by atoms with Crippen LogP contribution in [0.4, 0.5) is 10.1 Å². The molecule has 0 unspecified atom stereocenters. The number of rotatable bonds is 6. The van der Waals surface area contributed by atoms with Gasteiger partial charge in [-0.2, -0.15) is 5.26 Å². The topological polar surface area (TPSA) is 117 Å². The third-order valence-electron chi connectivity index (χ3n) is 6.21. The number of amides is 1. The fraction of sp³-hybridized carbons (Fsp3) is 0.391. The summed E-state index contributed by atoms with van der Waals surface area (Å²) in [5.74, 6) is -0.130. The van der Waals surface area contributed by atoms with Crippen LogP contribution in [0, 0.1) is 23.1 Å². The third-order valence-corrected chi connectivity index (χ3v) is 7.13. The summed E-state index contributed by atoms with van der Waals surface area (Å²) in [5, 5.41) is 14.2. The van der Waals surface area contributed by atoms with Gasteiger partial charge in [0, 0.05) is 31.9 Å². The fourth-order valence-corrected chi connectivity index (χ4v) is 4.52. The summed E-state index contributed by atoms with van der Waals surface area (Å²) in [6, 6.07) is 10.3. The predicted molar refractivity (Wildman–Crippen MR) is 120 cm³/mol. The fourth-order valence-electron chi connectivity index (χ4n) is 3.98. The average molecular weight is 473 g/mol. The van der Waals surface area contributed by atoms with Crippen LogP contribution in [0.25, 0.3) is 0 Å². The maximum absolute atomic E-state index is 14.0. The number of benzene rings is 2. The van der Waals surface area contributed by atoms with E-state index < -0.39 is 15.8 Å². The molecule has 0 spiro atoms. The summed E-state index contributed by atoms with van der Waals surface area (Å²) in [7, 11) is -3.98. The molecule has 1 aliphatic heterocycles. The minimum Gasteiger partial charge on any atom is -0.492 e. The zero-order chi connectivity index (χ0) is 23.6. The second kappa shape index (κ2) is 9.37. The number of piperazine rings is 1. The van der Waals surface area contributed by atoms with Gasteiger partial charge in [0.25, 0.3) is 5.91 Å². The lowest BCUT2D eigenvalue weighted by Crippen LogP contribution is -2.49. The highest BCUT2D eigenvalue weighted by atomic mass is 32.2. The third kappa shape index (κ3) is 5.10. The lowest BCUT2D eigenvalue weighted by Gasteiger charge is -2.36. The monoisotopic (exact) mass is 472 g/mol. The van der Waals surface area contributed by atoms with E-state index in [1.165, 1.54) is 30.3 Å². The highest BCUT2D eigenvalue weighted by Crippen LogP contribution is 2.30. The molecule has 0 atom stereocenters. The van der Waals surface area contributed by atoms with Crippen LogP contribution in [0.2, 0.25) is 0 Å². The molecule has 1 aliphatic carbocycles. The Kier molecular flexibility index (Phi) is 6.54. The highest BCUT2D eigenvalue weighted by molar-refractivity contribution is 7.89. The largest absolute Gasteiger partial charge is 0.492 e. The zero-order valence-corrected chi connectivity index (χ0v) is 18.9. The van der Waals surface area contributed by atoms with Gasteiger partial charge >= 0.3 is 0 Å². The maximum Gasteiger partial charge on any atom is 0.257 e. The number of nitriles is 1. The molecule has 8 nitrogen and oxygen atoms in total. The summed E-state index contributed by atoms with van der Waals surface area (Å²) >= 11 is 0.